The molecule has 0 bridgehead atoms. The van der Waals surface area contributed by atoms with Gasteiger partial charge in [-0.05, 0) is 107 Å². The van der Waals surface area contributed by atoms with Crippen molar-refractivity contribution in [3.05, 3.63) is 0 Å². The average Bonchev–Trinajstić information content (AvgIpc) is 0.847. The van der Waals surface area contributed by atoms with Gasteiger partial charge in [-0.15, -0.1) is 0 Å². The van der Waals surface area contributed by atoms with Crippen LogP contribution in [0.5, 0.6) is 0 Å². The van der Waals surface area contributed by atoms with Gasteiger partial charge in [0.1, 0.15) is 66.5 Å². The molecule has 12 amide bonds. The molecule has 570 valence electrons. The lowest BCUT2D eigenvalue weighted by Crippen LogP contribution is -2.62. The Morgan fingerprint density at radius 2 is 0.560 bits per heavy atom. The number of nitrogens with two attached hydrogens (primary N) is 10. The number of carbonyl (C=O) groups excluding carboxylic acids is 12. The van der Waals surface area contributed by atoms with Gasteiger partial charge in [-0.25, -0.2) is 0 Å². The van der Waals surface area contributed by atoms with Crippen LogP contribution in [-0.2, 0) is 57.5 Å². The normalized spacial score (nSPS) is 15.4. The molecule has 0 unspecified atom stereocenters. The molecule has 31 N–H and O–H groups in total. The fourth-order valence-electron chi connectivity index (χ4n) is 9.84. The molecule has 0 aromatic carbocycles. The number of rotatable bonds is 48. The lowest BCUT2D eigenvalue weighted by molar-refractivity contribution is -0.137. The SMILES string of the molecule is CC[C@H](C)[C@H](NC(=O)[C@@H](NC(=O)[C@H](C)NC(=O)[C@@H](NC(=O)[C@H](C)NC(=O)[C@@H](N)CCCN=C(N)N)C(C)C)C(C)C)C(=O)N[C@H](C(=O)N[C@@H](CCCN=C(N)N)C(=O)N[C@@H](CC(C)C)C(=O)N[C@@H](CCCN=C(N)N)C(=O)N[C@@H](CCCN=C(N)N)C(=O)N[C@H](C(N)=O)C(C)C)[C@@H](C)CC. The number of nitrogens with one attached hydrogen (secondary N) is 11. The minimum absolute atomic E-state index is 0.00611. The zero-order chi connectivity index (χ0) is 76.8. The quantitative estimate of drug-likeness (QED) is 0.0153. The molecule has 0 aliphatic carbocycles. The van der Waals surface area contributed by atoms with E-state index in [0.29, 0.717) is 19.3 Å². The maximum absolute atomic E-state index is 14.7. The van der Waals surface area contributed by atoms with Gasteiger partial charge in [0, 0.05) is 26.2 Å². The Bertz CT molecular complexity index is 2800. The van der Waals surface area contributed by atoms with E-state index >= 15 is 0 Å². The Kier molecular flexibility index (Phi) is 42.5. The standard InChI is InChI=1S/C63H121N25O12/c1-15-34(11)46(88-59(100)47(35(12)16-2)87-57(98)45(33(9)10)86-50(91)37(14)79-56(97)44(32(7)8)85-49(90)36(13)78-51(92)38(64)21-17-25-74-60(66)67)58(99)82-40(23-19-27-76-62(70)71)53(94)83-42(29-30(3)4)55(96)81-39(22-18-26-75-61(68)69)52(93)80-41(24-20-28-77-63(72)73)54(95)84-43(31(5)6)48(65)89/h30-47H,15-29,64H2,1-14H3,(H2,65,89)(H,78,92)(H,79,97)(H,80,93)(H,81,96)(H,82,99)(H,83,94)(H,84,95)(H,85,90)(H,86,91)(H,87,98)(H,88,100)(H4,66,67,74)(H4,68,69,75)(H4,70,71,76)(H4,72,73,77)/t34-,35-,36-,37-,38-,39-,40-,41-,42-,43-,44-,45-,46-,47-/m0/s1. The maximum atomic E-state index is 14.7. The molecule has 0 aliphatic rings. The summed E-state index contributed by atoms with van der Waals surface area (Å²) in [7, 11) is 0. The molecule has 0 rings (SSSR count). The molecule has 0 heterocycles. The fourth-order valence-corrected chi connectivity index (χ4v) is 9.84. The highest BCUT2D eigenvalue weighted by Crippen LogP contribution is 2.17. The number of carbonyl (C=O) groups is 12. The van der Waals surface area contributed by atoms with Crippen molar-refractivity contribution in [3.8, 4) is 0 Å². The first-order valence-electron chi connectivity index (χ1n) is 34.2. The van der Waals surface area contributed by atoms with Crippen LogP contribution in [0.25, 0.3) is 0 Å². The highest BCUT2D eigenvalue weighted by molar-refractivity contribution is 5.99. The summed E-state index contributed by atoms with van der Waals surface area (Å²) in [6, 6.07) is -15.0. The molecule has 0 radical (unpaired) electrons. The van der Waals surface area contributed by atoms with Gasteiger partial charge >= 0.3 is 0 Å². The first kappa shape index (κ1) is 90.7. The summed E-state index contributed by atoms with van der Waals surface area (Å²) in [5.74, 6) is -13.0. The van der Waals surface area contributed by atoms with Gasteiger partial charge in [0.2, 0.25) is 70.9 Å². The Morgan fingerprint density at radius 1 is 0.300 bits per heavy atom. The smallest absolute Gasteiger partial charge is 0.243 e. The molecular formula is C63H121N25O12. The molecule has 37 heteroatoms. The molecule has 100 heavy (non-hydrogen) atoms. The first-order valence-corrected chi connectivity index (χ1v) is 34.2. The van der Waals surface area contributed by atoms with E-state index in [4.69, 9.17) is 57.3 Å². The molecule has 0 saturated heterocycles. The van der Waals surface area contributed by atoms with E-state index in [1.54, 1.807) is 83.1 Å². The summed E-state index contributed by atoms with van der Waals surface area (Å²) >= 11 is 0. The van der Waals surface area contributed by atoms with Crippen LogP contribution in [0.1, 0.15) is 168 Å². The van der Waals surface area contributed by atoms with E-state index in [-0.39, 0.29) is 107 Å². The largest absolute Gasteiger partial charge is 0.370 e. The van der Waals surface area contributed by atoms with E-state index < -0.39 is 173 Å². The highest BCUT2D eigenvalue weighted by Gasteiger charge is 2.39. The van der Waals surface area contributed by atoms with Crippen LogP contribution in [0.4, 0.5) is 0 Å². The van der Waals surface area contributed by atoms with Crippen LogP contribution in [-0.4, -0.2) is 193 Å². The second-order valence-electron chi connectivity index (χ2n) is 26.6. The van der Waals surface area contributed by atoms with E-state index in [1.807, 2.05) is 0 Å². The first-order chi connectivity index (χ1) is 46.6. The number of amides is 12. The van der Waals surface area contributed by atoms with Gasteiger partial charge in [-0.3, -0.25) is 77.5 Å². The molecule has 0 fully saturated rings. The molecule has 0 aliphatic heterocycles. The van der Waals surface area contributed by atoms with Gasteiger partial charge in [-0.1, -0.05) is 95.9 Å². The minimum Gasteiger partial charge on any atom is -0.370 e. The Hall–Kier alpha value is -9.32. The third-order valence-electron chi connectivity index (χ3n) is 16.2. The second-order valence-corrected chi connectivity index (χ2v) is 26.6. The molecule has 14 atom stereocenters. The Labute approximate surface area is 587 Å². The Morgan fingerprint density at radius 3 is 0.880 bits per heavy atom. The van der Waals surface area contributed by atoms with Crippen LogP contribution in [0.3, 0.4) is 0 Å². The van der Waals surface area contributed by atoms with E-state index in [0.717, 1.165) is 0 Å². The summed E-state index contributed by atoms with van der Waals surface area (Å²) in [5, 5.41) is 29.4. The van der Waals surface area contributed by atoms with Crippen molar-refractivity contribution in [2.75, 3.05) is 26.2 Å². The van der Waals surface area contributed by atoms with Crippen LogP contribution in [0.15, 0.2) is 20.0 Å². The van der Waals surface area contributed by atoms with Crippen LogP contribution in [0.2, 0.25) is 0 Å². The van der Waals surface area contributed by atoms with Crippen molar-refractivity contribution < 1.29 is 57.5 Å². The molecule has 0 aromatic rings. The minimum atomic E-state index is -1.41. The number of guanidine groups is 4. The van der Waals surface area contributed by atoms with Crippen LogP contribution in [0, 0.1) is 35.5 Å². The second kappa shape index (κ2) is 46.9. The van der Waals surface area contributed by atoms with Crippen LogP contribution >= 0.6 is 0 Å². The Balaban J connectivity index is 6.98. The third-order valence-corrected chi connectivity index (χ3v) is 16.2. The van der Waals surface area contributed by atoms with Crippen molar-refractivity contribution in [1.29, 1.82) is 0 Å². The van der Waals surface area contributed by atoms with Crippen molar-refractivity contribution in [2.45, 2.75) is 240 Å². The summed E-state index contributed by atoms with van der Waals surface area (Å²) < 4.78 is 0. The van der Waals surface area contributed by atoms with E-state index in [2.05, 4.69) is 78.5 Å². The van der Waals surface area contributed by atoms with Gasteiger partial charge in [-0.2, -0.15) is 0 Å². The van der Waals surface area contributed by atoms with Crippen molar-refractivity contribution in [3.63, 3.8) is 0 Å². The zero-order valence-electron chi connectivity index (χ0n) is 61.0. The zero-order valence-corrected chi connectivity index (χ0v) is 61.0. The summed E-state index contributed by atoms with van der Waals surface area (Å²) in [6.07, 6.45) is 1.52. The van der Waals surface area contributed by atoms with Crippen LogP contribution < -0.4 is 116 Å². The van der Waals surface area contributed by atoms with Gasteiger partial charge in [0.15, 0.2) is 23.8 Å². The molecular weight excluding hydrogens is 1300 g/mol. The van der Waals surface area contributed by atoms with E-state index in [1.165, 1.54) is 13.8 Å². The molecule has 0 spiro atoms. The summed E-state index contributed by atoms with van der Waals surface area (Å²) in [6.45, 7) is 23.6. The lowest BCUT2D eigenvalue weighted by Gasteiger charge is -2.32. The van der Waals surface area contributed by atoms with Gasteiger partial charge in [0.25, 0.3) is 0 Å². The highest BCUT2D eigenvalue weighted by atomic mass is 16.2. The van der Waals surface area contributed by atoms with Crippen molar-refractivity contribution >= 4 is 94.7 Å². The van der Waals surface area contributed by atoms with Crippen molar-refractivity contribution in [2.24, 2.45) is 113 Å². The van der Waals surface area contributed by atoms with E-state index in [9.17, 15) is 57.5 Å². The number of nitrogens with zero attached hydrogens (tertiary/aromatic N) is 4. The van der Waals surface area contributed by atoms with Gasteiger partial charge in [0.05, 0.1) is 6.04 Å². The van der Waals surface area contributed by atoms with Gasteiger partial charge < -0.3 is 116 Å². The predicted octanol–water partition coefficient (Wildman–Crippen LogP) is -5.51. The summed E-state index contributed by atoms with van der Waals surface area (Å²) in [4.78, 5) is 183. The number of primary amides is 1. The predicted molar refractivity (Wildman–Crippen MR) is 382 cm³/mol. The molecule has 37 nitrogen and oxygen atoms in total. The number of hydrogen-bond acceptors (Lipinski definition) is 17. The molecule has 0 saturated carbocycles. The average molecular weight is 1420 g/mol. The maximum Gasteiger partial charge on any atom is 0.243 e. The molecule has 0 aromatic heterocycles. The number of hydrogen-bond donors (Lipinski definition) is 21. The fraction of sp³-hybridized carbons (Fsp3) is 0.746. The monoisotopic (exact) mass is 1420 g/mol. The number of aliphatic imine (C=N–C) groups is 4. The lowest BCUT2D eigenvalue weighted by atomic mass is 9.93. The topological polar surface area (TPSA) is 647 Å². The summed E-state index contributed by atoms with van der Waals surface area (Å²) in [5.41, 5.74) is 55.6. The third kappa shape index (κ3) is 35.4. The van der Waals surface area contributed by atoms with Crippen molar-refractivity contribution in [1.82, 2.24) is 58.5 Å².